The van der Waals surface area contributed by atoms with Crippen molar-refractivity contribution < 1.29 is 0 Å². The topological polar surface area (TPSA) is 28.0 Å². The first-order chi connectivity index (χ1) is 8.13. The zero-order valence-corrected chi connectivity index (χ0v) is 11.2. The van der Waals surface area contributed by atoms with E-state index in [1.165, 1.54) is 11.8 Å². The molecular formula is C13H17N3S. The Morgan fingerprint density at radius 1 is 1.29 bits per heavy atom. The molecular weight excluding hydrogens is 230 g/mol. The molecule has 0 unspecified atom stereocenters. The molecule has 0 saturated carbocycles. The molecule has 0 aliphatic heterocycles. The van der Waals surface area contributed by atoms with E-state index in [4.69, 9.17) is 0 Å². The number of nitrogens with zero attached hydrogens (tertiary/aromatic N) is 3. The van der Waals surface area contributed by atoms with Gasteiger partial charge in [0.25, 0.3) is 0 Å². The highest BCUT2D eigenvalue weighted by Crippen LogP contribution is 2.22. The van der Waals surface area contributed by atoms with Gasteiger partial charge in [0.1, 0.15) is 5.03 Å². The molecule has 0 aliphatic rings. The number of hydrogen-bond acceptors (Lipinski definition) is 4. The molecule has 0 radical (unpaired) electrons. The van der Waals surface area contributed by atoms with Crippen molar-refractivity contribution in [3.05, 3.63) is 47.4 Å². The molecule has 0 fully saturated rings. The predicted molar refractivity (Wildman–Crippen MR) is 76.8 cm³/mol. The van der Waals surface area contributed by atoms with Gasteiger partial charge in [0.2, 0.25) is 0 Å². The number of benzene rings is 1. The average Bonchev–Trinajstić information content (AvgIpc) is 2.34. The van der Waals surface area contributed by atoms with Crippen LogP contribution in [0.1, 0.15) is 6.92 Å². The van der Waals surface area contributed by atoms with Crippen LogP contribution in [0, 0.1) is 0 Å². The zero-order chi connectivity index (χ0) is 12.7. The SMILES string of the molecule is C=C(/N=N/c1ccc(N(C)C)cc1)S/C=C\C. The molecule has 3 nitrogen and oxygen atoms in total. The van der Waals surface area contributed by atoms with Crippen LogP contribution in [0.4, 0.5) is 11.4 Å². The van der Waals surface area contributed by atoms with E-state index in [0.29, 0.717) is 5.03 Å². The number of hydrogen-bond donors (Lipinski definition) is 0. The lowest BCUT2D eigenvalue weighted by molar-refractivity contribution is 1.13. The first kappa shape index (κ1) is 13.5. The van der Waals surface area contributed by atoms with E-state index >= 15 is 0 Å². The van der Waals surface area contributed by atoms with Gasteiger partial charge in [0.15, 0.2) is 0 Å². The van der Waals surface area contributed by atoms with Gasteiger partial charge in [-0.05, 0) is 36.6 Å². The van der Waals surface area contributed by atoms with Crippen molar-refractivity contribution in [2.75, 3.05) is 19.0 Å². The van der Waals surface area contributed by atoms with E-state index in [1.807, 2.05) is 61.7 Å². The van der Waals surface area contributed by atoms with Crippen LogP contribution in [0.5, 0.6) is 0 Å². The van der Waals surface area contributed by atoms with Crippen molar-refractivity contribution in [3.63, 3.8) is 0 Å². The first-order valence-electron chi connectivity index (χ1n) is 5.29. The lowest BCUT2D eigenvalue weighted by Crippen LogP contribution is -2.07. The van der Waals surface area contributed by atoms with Crippen LogP contribution in [-0.2, 0) is 0 Å². The molecule has 0 aromatic heterocycles. The summed E-state index contributed by atoms with van der Waals surface area (Å²) in [5.74, 6) is 0. The van der Waals surface area contributed by atoms with Crippen molar-refractivity contribution in [1.82, 2.24) is 0 Å². The average molecular weight is 247 g/mol. The van der Waals surface area contributed by atoms with Crippen LogP contribution < -0.4 is 4.90 Å². The standard InChI is InChI=1S/C13H17N3S/c1-5-10-17-11(2)14-15-12-6-8-13(9-7-12)16(3)4/h5-10H,2H2,1,3-4H3/b10-5-,15-14+. The zero-order valence-electron chi connectivity index (χ0n) is 10.4. The second kappa shape index (κ2) is 6.91. The molecule has 17 heavy (non-hydrogen) atoms. The molecule has 90 valence electrons. The van der Waals surface area contributed by atoms with Crippen LogP contribution in [-0.4, -0.2) is 14.1 Å². The fraction of sp³-hybridized carbons (Fsp3) is 0.231. The van der Waals surface area contributed by atoms with Crippen LogP contribution in [0.15, 0.2) is 57.6 Å². The largest absolute Gasteiger partial charge is 0.378 e. The van der Waals surface area contributed by atoms with Gasteiger partial charge in [-0.25, -0.2) is 0 Å². The van der Waals surface area contributed by atoms with Crippen molar-refractivity contribution in [3.8, 4) is 0 Å². The summed E-state index contributed by atoms with van der Waals surface area (Å²) in [5, 5.41) is 10.8. The van der Waals surface area contributed by atoms with Crippen molar-refractivity contribution in [1.29, 1.82) is 0 Å². The molecule has 0 amide bonds. The third kappa shape index (κ3) is 4.87. The fourth-order valence-corrected chi connectivity index (χ4v) is 1.48. The van der Waals surface area contributed by atoms with E-state index in [0.717, 1.165) is 11.4 Å². The van der Waals surface area contributed by atoms with Crippen LogP contribution in [0.3, 0.4) is 0 Å². The molecule has 0 spiro atoms. The molecule has 1 rings (SSSR count). The Labute approximate surface area is 107 Å². The number of rotatable bonds is 5. The highest BCUT2D eigenvalue weighted by atomic mass is 32.2. The van der Waals surface area contributed by atoms with Gasteiger partial charge in [0.05, 0.1) is 5.69 Å². The lowest BCUT2D eigenvalue weighted by atomic mass is 10.3. The van der Waals surface area contributed by atoms with Crippen LogP contribution in [0.25, 0.3) is 0 Å². The minimum atomic E-state index is 0.680. The highest BCUT2D eigenvalue weighted by molar-refractivity contribution is 8.05. The third-order valence-corrected chi connectivity index (χ3v) is 2.75. The van der Waals surface area contributed by atoms with Gasteiger partial charge < -0.3 is 4.90 Å². The predicted octanol–water partition coefficient (Wildman–Crippen LogP) is 4.57. The minimum Gasteiger partial charge on any atom is -0.378 e. The van der Waals surface area contributed by atoms with E-state index in [-0.39, 0.29) is 0 Å². The summed E-state index contributed by atoms with van der Waals surface area (Å²) < 4.78 is 0. The maximum absolute atomic E-state index is 4.11. The van der Waals surface area contributed by atoms with Gasteiger partial charge >= 0.3 is 0 Å². The van der Waals surface area contributed by atoms with Crippen molar-refractivity contribution >= 4 is 23.1 Å². The summed E-state index contributed by atoms with van der Waals surface area (Å²) in [4.78, 5) is 2.04. The molecule has 0 saturated heterocycles. The molecule has 0 atom stereocenters. The van der Waals surface area contributed by atoms with Crippen LogP contribution in [0.2, 0.25) is 0 Å². The number of anilines is 1. The Hall–Kier alpha value is -1.55. The second-order valence-electron chi connectivity index (χ2n) is 3.59. The molecule has 0 heterocycles. The fourth-order valence-electron chi connectivity index (χ4n) is 1.10. The van der Waals surface area contributed by atoms with Crippen molar-refractivity contribution in [2.24, 2.45) is 10.2 Å². The van der Waals surface area contributed by atoms with Gasteiger partial charge in [-0.15, -0.1) is 5.11 Å². The minimum absolute atomic E-state index is 0.680. The third-order valence-electron chi connectivity index (χ3n) is 1.98. The molecule has 0 aliphatic carbocycles. The van der Waals surface area contributed by atoms with E-state index in [9.17, 15) is 0 Å². The summed E-state index contributed by atoms with van der Waals surface area (Å²) in [5.41, 5.74) is 1.98. The first-order valence-corrected chi connectivity index (χ1v) is 6.17. The van der Waals surface area contributed by atoms with Crippen molar-refractivity contribution in [2.45, 2.75) is 6.92 Å². The highest BCUT2D eigenvalue weighted by Gasteiger charge is 1.95. The maximum atomic E-state index is 4.11. The van der Waals surface area contributed by atoms with Gasteiger partial charge in [-0.1, -0.05) is 24.4 Å². The van der Waals surface area contributed by atoms with E-state index < -0.39 is 0 Å². The normalized spacial score (nSPS) is 11.2. The Bertz CT molecular complexity index is 419. The summed E-state index contributed by atoms with van der Waals surface area (Å²) >= 11 is 1.46. The molecule has 0 bridgehead atoms. The summed E-state index contributed by atoms with van der Waals surface area (Å²) in [6.45, 7) is 5.75. The summed E-state index contributed by atoms with van der Waals surface area (Å²) in [6, 6.07) is 7.89. The summed E-state index contributed by atoms with van der Waals surface area (Å²) in [6.07, 6.45) is 1.94. The number of thioether (sulfide) groups is 1. The monoisotopic (exact) mass is 247 g/mol. The Balaban J connectivity index is 2.62. The molecule has 0 N–H and O–H groups in total. The van der Waals surface area contributed by atoms with E-state index in [2.05, 4.69) is 16.8 Å². The molecule has 1 aromatic rings. The van der Waals surface area contributed by atoms with Crippen LogP contribution >= 0.6 is 11.8 Å². The number of azo groups is 1. The smallest absolute Gasteiger partial charge is 0.116 e. The van der Waals surface area contributed by atoms with Gasteiger partial charge in [0, 0.05) is 19.8 Å². The number of allylic oxidation sites excluding steroid dienone is 1. The lowest BCUT2D eigenvalue weighted by Gasteiger charge is -2.11. The van der Waals surface area contributed by atoms with Gasteiger partial charge in [-0.2, -0.15) is 5.11 Å². The summed E-state index contributed by atoms with van der Waals surface area (Å²) in [7, 11) is 4.01. The molecule has 1 aromatic carbocycles. The second-order valence-corrected chi connectivity index (χ2v) is 4.57. The Kier molecular flexibility index (Phi) is 5.49. The Morgan fingerprint density at radius 2 is 1.94 bits per heavy atom. The van der Waals surface area contributed by atoms with E-state index in [1.54, 1.807) is 0 Å². The Morgan fingerprint density at radius 3 is 2.47 bits per heavy atom. The van der Waals surface area contributed by atoms with Gasteiger partial charge in [-0.3, -0.25) is 0 Å². The maximum Gasteiger partial charge on any atom is 0.116 e. The molecule has 4 heteroatoms. The quantitative estimate of drug-likeness (QED) is 0.713.